The van der Waals surface area contributed by atoms with Crippen molar-refractivity contribution in [1.82, 2.24) is 4.98 Å². The summed E-state index contributed by atoms with van der Waals surface area (Å²) < 4.78 is 0. The molecule has 0 aromatic carbocycles. The zero-order chi connectivity index (χ0) is 10.7. The monoisotopic (exact) mass is 225 g/mol. The van der Waals surface area contributed by atoms with Crippen molar-refractivity contribution in [2.45, 2.75) is 25.3 Å². The summed E-state index contributed by atoms with van der Waals surface area (Å²) in [4.78, 5) is 4.18. The molecule has 1 aromatic rings. The molecule has 3 nitrogen and oxygen atoms in total. The Labute approximate surface area is 95.0 Å². The number of anilines is 1. The predicted molar refractivity (Wildman–Crippen MR) is 63.1 cm³/mol. The Balaban J connectivity index is 1.80. The second-order valence-corrected chi connectivity index (χ2v) is 4.62. The van der Waals surface area contributed by atoms with Crippen LogP contribution in [0.2, 0.25) is 5.02 Å². The molecule has 1 aromatic heterocycles. The van der Waals surface area contributed by atoms with Gasteiger partial charge in [0.2, 0.25) is 0 Å². The summed E-state index contributed by atoms with van der Waals surface area (Å²) in [6.07, 6.45) is 5.16. The maximum atomic E-state index is 5.85. The van der Waals surface area contributed by atoms with Crippen LogP contribution in [-0.2, 0) is 0 Å². The van der Waals surface area contributed by atoms with Gasteiger partial charge in [-0.2, -0.15) is 0 Å². The normalized spacial score (nSPS) is 25.5. The number of aromatic nitrogens is 1. The molecule has 3 N–H and O–H groups in total. The largest absolute Gasteiger partial charge is 0.370 e. The van der Waals surface area contributed by atoms with E-state index in [9.17, 15) is 0 Å². The molecule has 1 saturated carbocycles. The Bertz CT molecular complexity index is 312. The zero-order valence-electron chi connectivity index (χ0n) is 8.62. The molecule has 0 aliphatic heterocycles. The third-order valence-electron chi connectivity index (χ3n) is 2.88. The first-order valence-electron chi connectivity index (χ1n) is 5.35. The topological polar surface area (TPSA) is 50.9 Å². The fraction of sp³-hybridized carbons (Fsp3) is 0.545. The van der Waals surface area contributed by atoms with Crippen LogP contribution in [-0.4, -0.2) is 17.6 Å². The van der Waals surface area contributed by atoms with E-state index in [2.05, 4.69) is 10.3 Å². The first-order chi connectivity index (χ1) is 7.24. The number of pyridine rings is 1. The summed E-state index contributed by atoms with van der Waals surface area (Å²) in [5.74, 6) is 1.58. The van der Waals surface area contributed by atoms with Gasteiger partial charge < -0.3 is 11.1 Å². The highest BCUT2D eigenvalue weighted by Gasteiger charge is 2.21. The van der Waals surface area contributed by atoms with E-state index in [1.807, 2.05) is 12.1 Å². The van der Waals surface area contributed by atoms with Crippen LogP contribution in [0.5, 0.6) is 0 Å². The minimum Gasteiger partial charge on any atom is -0.370 e. The fourth-order valence-electron chi connectivity index (χ4n) is 2.03. The summed E-state index contributed by atoms with van der Waals surface area (Å²) in [6.45, 7) is 0.961. The third-order valence-corrected chi connectivity index (χ3v) is 3.10. The molecule has 1 fully saturated rings. The van der Waals surface area contributed by atoms with Gasteiger partial charge in [-0.25, -0.2) is 4.98 Å². The van der Waals surface area contributed by atoms with Crippen molar-refractivity contribution in [3.05, 3.63) is 23.4 Å². The van der Waals surface area contributed by atoms with Crippen LogP contribution in [0.15, 0.2) is 18.3 Å². The predicted octanol–water partition coefficient (Wildman–Crippen LogP) is 2.27. The van der Waals surface area contributed by atoms with Crippen LogP contribution in [0.4, 0.5) is 5.82 Å². The summed E-state index contributed by atoms with van der Waals surface area (Å²) in [6, 6.07) is 4.14. The summed E-state index contributed by atoms with van der Waals surface area (Å²) >= 11 is 5.75. The molecule has 0 amide bonds. The Morgan fingerprint density at radius 3 is 2.93 bits per heavy atom. The molecule has 0 spiro atoms. The lowest BCUT2D eigenvalue weighted by molar-refractivity contribution is 0.565. The van der Waals surface area contributed by atoms with Gasteiger partial charge in [-0.05, 0) is 37.3 Å². The summed E-state index contributed by atoms with van der Waals surface area (Å²) in [7, 11) is 0. The van der Waals surface area contributed by atoms with E-state index in [0.717, 1.165) is 25.2 Å². The molecular weight excluding hydrogens is 210 g/mol. The van der Waals surface area contributed by atoms with Crippen molar-refractivity contribution in [1.29, 1.82) is 0 Å². The molecular formula is C11H16ClN3. The minimum atomic E-state index is 0.398. The molecule has 1 aliphatic carbocycles. The number of nitrogens with one attached hydrogen (secondary N) is 1. The van der Waals surface area contributed by atoms with Crippen LogP contribution in [0, 0.1) is 5.92 Å². The summed E-state index contributed by atoms with van der Waals surface area (Å²) in [5.41, 5.74) is 5.85. The maximum Gasteiger partial charge on any atom is 0.125 e. The molecule has 0 radical (unpaired) electrons. The van der Waals surface area contributed by atoms with Gasteiger partial charge in [-0.1, -0.05) is 11.6 Å². The summed E-state index contributed by atoms with van der Waals surface area (Å²) in [5, 5.41) is 3.98. The quantitative estimate of drug-likeness (QED) is 0.830. The van der Waals surface area contributed by atoms with Crippen LogP contribution < -0.4 is 11.1 Å². The number of rotatable bonds is 3. The van der Waals surface area contributed by atoms with E-state index in [0.29, 0.717) is 17.0 Å². The first-order valence-corrected chi connectivity index (χ1v) is 5.73. The third kappa shape index (κ3) is 3.08. The Morgan fingerprint density at radius 2 is 2.33 bits per heavy atom. The van der Waals surface area contributed by atoms with Gasteiger partial charge in [0.25, 0.3) is 0 Å². The lowest BCUT2D eigenvalue weighted by atomic mass is 10.1. The zero-order valence-corrected chi connectivity index (χ0v) is 9.37. The highest BCUT2D eigenvalue weighted by molar-refractivity contribution is 6.30. The average Bonchev–Trinajstić information content (AvgIpc) is 2.64. The van der Waals surface area contributed by atoms with Gasteiger partial charge in [0.1, 0.15) is 5.82 Å². The lowest BCUT2D eigenvalue weighted by Crippen LogP contribution is -2.17. The highest BCUT2D eigenvalue weighted by Crippen LogP contribution is 2.24. The average molecular weight is 226 g/mol. The van der Waals surface area contributed by atoms with E-state index in [1.54, 1.807) is 6.20 Å². The van der Waals surface area contributed by atoms with Gasteiger partial charge in [-0.3, -0.25) is 0 Å². The van der Waals surface area contributed by atoms with E-state index in [-0.39, 0.29) is 0 Å². The van der Waals surface area contributed by atoms with Gasteiger partial charge in [0.05, 0.1) is 5.02 Å². The fourth-order valence-corrected chi connectivity index (χ4v) is 2.14. The molecule has 1 heterocycles. The standard InChI is InChI=1S/C11H16ClN3/c12-9-2-4-11(15-7-9)14-6-8-1-3-10(13)5-8/h2,4,7-8,10H,1,3,5-6,13H2,(H,14,15). The van der Waals surface area contributed by atoms with Crippen molar-refractivity contribution in [2.75, 3.05) is 11.9 Å². The van der Waals surface area contributed by atoms with Gasteiger partial charge in [0.15, 0.2) is 0 Å². The second-order valence-electron chi connectivity index (χ2n) is 4.18. The number of hydrogen-bond donors (Lipinski definition) is 2. The van der Waals surface area contributed by atoms with E-state index in [1.165, 1.54) is 6.42 Å². The SMILES string of the molecule is NC1CCC(CNc2ccc(Cl)cn2)C1. The van der Waals surface area contributed by atoms with E-state index in [4.69, 9.17) is 17.3 Å². The highest BCUT2D eigenvalue weighted by atomic mass is 35.5. The van der Waals surface area contributed by atoms with E-state index < -0.39 is 0 Å². The minimum absolute atomic E-state index is 0.398. The first kappa shape index (κ1) is 10.7. The van der Waals surface area contributed by atoms with Crippen molar-refractivity contribution < 1.29 is 0 Å². The molecule has 4 heteroatoms. The smallest absolute Gasteiger partial charge is 0.125 e. The van der Waals surface area contributed by atoms with Crippen molar-refractivity contribution in [3.8, 4) is 0 Å². The molecule has 82 valence electrons. The number of nitrogens with zero attached hydrogens (tertiary/aromatic N) is 1. The number of hydrogen-bond acceptors (Lipinski definition) is 3. The van der Waals surface area contributed by atoms with Gasteiger partial charge in [0, 0.05) is 18.8 Å². The van der Waals surface area contributed by atoms with Crippen molar-refractivity contribution in [3.63, 3.8) is 0 Å². The Hall–Kier alpha value is -0.800. The molecule has 2 atom stereocenters. The van der Waals surface area contributed by atoms with E-state index >= 15 is 0 Å². The Kier molecular flexibility index (Phi) is 3.44. The molecule has 1 aliphatic rings. The molecule has 2 unspecified atom stereocenters. The second kappa shape index (κ2) is 4.81. The Morgan fingerprint density at radius 1 is 1.47 bits per heavy atom. The molecule has 2 rings (SSSR count). The molecule has 0 bridgehead atoms. The van der Waals surface area contributed by atoms with Gasteiger partial charge >= 0.3 is 0 Å². The van der Waals surface area contributed by atoms with Crippen molar-refractivity contribution >= 4 is 17.4 Å². The van der Waals surface area contributed by atoms with Crippen LogP contribution in [0.25, 0.3) is 0 Å². The number of halogens is 1. The van der Waals surface area contributed by atoms with Crippen LogP contribution in [0.1, 0.15) is 19.3 Å². The maximum absolute atomic E-state index is 5.85. The van der Waals surface area contributed by atoms with Crippen molar-refractivity contribution in [2.24, 2.45) is 11.7 Å². The number of nitrogens with two attached hydrogens (primary N) is 1. The van der Waals surface area contributed by atoms with Crippen LogP contribution in [0.3, 0.4) is 0 Å². The molecule has 0 saturated heterocycles. The molecule has 15 heavy (non-hydrogen) atoms. The lowest BCUT2D eigenvalue weighted by Gasteiger charge is -2.11. The van der Waals surface area contributed by atoms with Gasteiger partial charge in [-0.15, -0.1) is 0 Å². The van der Waals surface area contributed by atoms with Crippen LogP contribution >= 0.6 is 11.6 Å².